The summed E-state index contributed by atoms with van der Waals surface area (Å²) in [7, 11) is 3.68. The molecule has 1 rings (SSSR count). The first-order valence-corrected chi connectivity index (χ1v) is 6.81. The number of hydrogen-bond acceptors (Lipinski definition) is 4. The first-order chi connectivity index (χ1) is 9.47. The van der Waals surface area contributed by atoms with Gasteiger partial charge in [0.25, 0.3) is 0 Å². The van der Waals surface area contributed by atoms with Crippen LogP contribution in [0.15, 0.2) is 23.4 Å². The van der Waals surface area contributed by atoms with Crippen molar-refractivity contribution in [3.8, 4) is 5.75 Å². The van der Waals surface area contributed by atoms with E-state index in [4.69, 9.17) is 15.7 Å². The van der Waals surface area contributed by atoms with E-state index in [9.17, 15) is 0 Å². The van der Waals surface area contributed by atoms with Gasteiger partial charge in [-0.25, -0.2) is 0 Å². The Kier molecular flexibility index (Phi) is 6.31. The number of ether oxygens (including phenoxy) is 1. The molecule has 0 fully saturated rings. The van der Waals surface area contributed by atoms with Crippen molar-refractivity contribution < 1.29 is 9.94 Å². The molecule has 112 valence electrons. The molecule has 0 aliphatic rings. The van der Waals surface area contributed by atoms with Crippen molar-refractivity contribution in [3.63, 3.8) is 0 Å². The van der Waals surface area contributed by atoms with Gasteiger partial charge in [0.15, 0.2) is 5.84 Å². The summed E-state index contributed by atoms with van der Waals surface area (Å²) in [5, 5.41) is 11.8. The number of benzene rings is 1. The van der Waals surface area contributed by atoms with E-state index < -0.39 is 0 Å². The Morgan fingerprint density at radius 2 is 2.15 bits per heavy atom. The first kappa shape index (κ1) is 16.3. The zero-order chi connectivity index (χ0) is 15.1. The molecule has 5 heteroatoms. The standard InChI is InChI=1S/C15H25N3O2/c1-11(2)7-8-18(3)10-12-5-6-13(15(16)17-19)14(9-12)20-4/h5-6,9,11,19H,7-8,10H2,1-4H3,(H2,16,17). The number of rotatable bonds is 7. The highest BCUT2D eigenvalue weighted by Crippen LogP contribution is 2.21. The van der Waals surface area contributed by atoms with E-state index in [1.54, 1.807) is 7.11 Å². The lowest BCUT2D eigenvalue weighted by atomic mass is 10.1. The number of methoxy groups -OCH3 is 1. The zero-order valence-electron chi connectivity index (χ0n) is 12.8. The molecule has 0 heterocycles. The number of nitrogens with two attached hydrogens (primary N) is 1. The van der Waals surface area contributed by atoms with E-state index in [1.807, 2.05) is 18.2 Å². The van der Waals surface area contributed by atoms with Crippen LogP contribution in [0.2, 0.25) is 0 Å². The van der Waals surface area contributed by atoms with Crippen LogP contribution in [0.3, 0.4) is 0 Å². The van der Waals surface area contributed by atoms with Crippen LogP contribution in [0.25, 0.3) is 0 Å². The Labute approximate surface area is 121 Å². The van der Waals surface area contributed by atoms with Gasteiger partial charge < -0.3 is 20.6 Å². The molecule has 0 radical (unpaired) electrons. The summed E-state index contributed by atoms with van der Waals surface area (Å²) in [5.74, 6) is 1.38. The number of oxime groups is 1. The van der Waals surface area contributed by atoms with Crippen LogP contribution in [0.4, 0.5) is 0 Å². The molecule has 20 heavy (non-hydrogen) atoms. The summed E-state index contributed by atoms with van der Waals surface area (Å²) in [6.45, 7) is 6.35. The van der Waals surface area contributed by atoms with Crippen molar-refractivity contribution in [3.05, 3.63) is 29.3 Å². The van der Waals surface area contributed by atoms with E-state index >= 15 is 0 Å². The first-order valence-electron chi connectivity index (χ1n) is 6.81. The van der Waals surface area contributed by atoms with Gasteiger partial charge >= 0.3 is 0 Å². The van der Waals surface area contributed by atoms with E-state index in [-0.39, 0.29) is 5.84 Å². The van der Waals surface area contributed by atoms with Crippen molar-refractivity contribution in [1.82, 2.24) is 4.90 Å². The largest absolute Gasteiger partial charge is 0.496 e. The highest BCUT2D eigenvalue weighted by molar-refractivity contribution is 5.99. The average Bonchev–Trinajstić information content (AvgIpc) is 2.44. The molecule has 0 aliphatic carbocycles. The lowest BCUT2D eigenvalue weighted by Gasteiger charge is -2.18. The lowest BCUT2D eigenvalue weighted by molar-refractivity contribution is 0.303. The van der Waals surface area contributed by atoms with Gasteiger partial charge in [-0.2, -0.15) is 0 Å². The maximum atomic E-state index is 8.74. The second kappa shape index (κ2) is 7.75. The maximum Gasteiger partial charge on any atom is 0.173 e. The third kappa shape index (κ3) is 4.74. The minimum atomic E-state index is 0.0570. The van der Waals surface area contributed by atoms with Crippen LogP contribution in [0, 0.1) is 5.92 Å². The molecule has 0 spiro atoms. The average molecular weight is 279 g/mol. The molecule has 0 atom stereocenters. The van der Waals surface area contributed by atoms with Crippen LogP contribution in [0.5, 0.6) is 5.75 Å². The maximum absolute atomic E-state index is 8.74. The van der Waals surface area contributed by atoms with Crippen molar-refractivity contribution >= 4 is 5.84 Å². The SMILES string of the molecule is COc1cc(CN(C)CCC(C)C)ccc1/C(N)=N/O. The van der Waals surface area contributed by atoms with Crippen molar-refractivity contribution in [2.75, 3.05) is 20.7 Å². The lowest BCUT2D eigenvalue weighted by Crippen LogP contribution is -2.20. The summed E-state index contributed by atoms with van der Waals surface area (Å²) in [5.41, 5.74) is 7.35. The van der Waals surface area contributed by atoms with Crippen LogP contribution in [-0.4, -0.2) is 36.6 Å². The second-order valence-corrected chi connectivity index (χ2v) is 5.44. The van der Waals surface area contributed by atoms with E-state index in [2.05, 4.69) is 31.0 Å². The molecule has 5 nitrogen and oxygen atoms in total. The van der Waals surface area contributed by atoms with Gasteiger partial charge in [-0.15, -0.1) is 0 Å². The van der Waals surface area contributed by atoms with Gasteiger partial charge in [0, 0.05) is 6.54 Å². The molecular weight excluding hydrogens is 254 g/mol. The molecule has 0 saturated heterocycles. The number of nitrogens with zero attached hydrogens (tertiary/aromatic N) is 2. The summed E-state index contributed by atoms with van der Waals surface area (Å²) >= 11 is 0. The van der Waals surface area contributed by atoms with E-state index in [1.165, 1.54) is 6.42 Å². The van der Waals surface area contributed by atoms with Gasteiger partial charge in [-0.1, -0.05) is 25.1 Å². The summed E-state index contributed by atoms with van der Waals surface area (Å²) in [6.07, 6.45) is 1.18. The van der Waals surface area contributed by atoms with Gasteiger partial charge in [0.2, 0.25) is 0 Å². The van der Waals surface area contributed by atoms with Crippen molar-refractivity contribution in [2.45, 2.75) is 26.8 Å². The van der Waals surface area contributed by atoms with Crippen molar-refractivity contribution in [1.29, 1.82) is 0 Å². The smallest absolute Gasteiger partial charge is 0.173 e. The number of hydrogen-bond donors (Lipinski definition) is 2. The van der Waals surface area contributed by atoms with Gasteiger partial charge in [0.05, 0.1) is 12.7 Å². The predicted octanol–water partition coefficient (Wildman–Crippen LogP) is 2.27. The van der Waals surface area contributed by atoms with Gasteiger partial charge in [0.1, 0.15) is 5.75 Å². The Morgan fingerprint density at radius 3 is 2.70 bits per heavy atom. The monoisotopic (exact) mass is 279 g/mol. The molecule has 0 saturated carbocycles. The molecule has 0 aliphatic heterocycles. The Morgan fingerprint density at radius 1 is 1.45 bits per heavy atom. The fourth-order valence-electron chi connectivity index (χ4n) is 1.97. The summed E-state index contributed by atoms with van der Waals surface area (Å²) < 4.78 is 5.30. The highest BCUT2D eigenvalue weighted by atomic mass is 16.5. The Balaban J connectivity index is 2.78. The highest BCUT2D eigenvalue weighted by Gasteiger charge is 2.10. The molecule has 1 aromatic carbocycles. The Bertz CT molecular complexity index is 458. The molecular formula is C15H25N3O2. The topological polar surface area (TPSA) is 71.1 Å². The zero-order valence-corrected chi connectivity index (χ0v) is 12.8. The number of amidine groups is 1. The minimum absolute atomic E-state index is 0.0570. The third-order valence-electron chi connectivity index (χ3n) is 3.19. The molecule has 1 aromatic rings. The second-order valence-electron chi connectivity index (χ2n) is 5.44. The van der Waals surface area contributed by atoms with Gasteiger partial charge in [-0.05, 0) is 43.6 Å². The quantitative estimate of drug-likeness (QED) is 0.347. The van der Waals surface area contributed by atoms with E-state index in [0.29, 0.717) is 17.2 Å². The molecule has 3 N–H and O–H groups in total. The van der Waals surface area contributed by atoms with Crippen LogP contribution in [0.1, 0.15) is 31.4 Å². The fourth-order valence-corrected chi connectivity index (χ4v) is 1.97. The van der Waals surface area contributed by atoms with Crippen LogP contribution < -0.4 is 10.5 Å². The minimum Gasteiger partial charge on any atom is -0.496 e. The molecule has 0 aromatic heterocycles. The predicted molar refractivity (Wildman–Crippen MR) is 81.3 cm³/mol. The summed E-state index contributed by atoms with van der Waals surface area (Å²) in [6, 6.07) is 5.72. The van der Waals surface area contributed by atoms with Crippen molar-refractivity contribution in [2.24, 2.45) is 16.8 Å². The molecule has 0 amide bonds. The van der Waals surface area contributed by atoms with Crippen LogP contribution in [-0.2, 0) is 6.54 Å². The van der Waals surface area contributed by atoms with Crippen LogP contribution >= 0.6 is 0 Å². The summed E-state index contributed by atoms with van der Waals surface area (Å²) in [4.78, 5) is 2.28. The third-order valence-corrected chi connectivity index (χ3v) is 3.19. The Hall–Kier alpha value is -1.75. The van der Waals surface area contributed by atoms with Gasteiger partial charge in [-0.3, -0.25) is 0 Å². The normalized spacial score (nSPS) is 12.2. The molecule has 0 unspecified atom stereocenters. The fraction of sp³-hybridized carbons (Fsp3) is 0.533. The molecule has 0 bridgehead atoms. The van der Waals surface area contributed by atoms with E-state index in [0.717, 1.165) is 18.7 Å².